The van der Waals surface area contributed by atoms with Crippen molar-refractivity contribution >= 4 is 11.6 Å². The van der Waals surface area contributed by atoms with E-state index in [1.807, 2.05) is 13.8 Å². The number of nitrogens with one attached hydrogen (secondary N) is 1. The third kappa shape index (κ3) is 2.76. The lowest BCUT2D eigenvalue weighted by Gasteiger charge is -2.43. The van der Waals surface area contributed by atoms with Gasteiger partial charge in [0.25, 0.3) is 5.91 Å². The van der Waals surface area contributed by atoms with E-state index in [-0.39, 0.29) is 11.4 Å². The highest BCUT2D eigenvalue weighted by Crippen LogP contribution is 2.28. The van der Waals surface area contributed by atoms with Crippen molar-refractivity contribution in [3.05, 3.63) is 0 Å². The molecule has 17 heavy (non-hydrogen) atoms. The molecule has 0 fully saturated rings. The average Bonchev–Trinajstić information content (AvgIpc) is 2.32. The van der Waals surface area contributed by atoms with Crippen LogP contribution in [0.5, 0.6) is 0 Å². The molecule has 0 aromatic heterocycles. The Hall–Kier alpha value is -0.700. The molecule has 1 aliphatic heterocycles. The fraction of sp³-hybridized carbons (Fsp3) is 0.857. The lowest BCUT2D eigenvalue weighted by Crippen LogP contribution is -2.65. The van der Waals surface area contributed by atoms with E-state index in [9.17, 15) is 4.79 Å². The summed E-state index contributed by atoms with van der Waals surface area (Å²) in [6, 6.07) is 0. The van der Waals surface area contributed by atoms with Crippen LogP contribution in [0.4, 0.5) is 0 Å². The minimum atomic E-state index is -0.486. The third-order valence-corrected chi connectivity index (χ3v) is 4.08. The predicted octanol–water partition coefficient (Wildman–Crippen LogP) is 3.08. The van der Waals surface area contributed by atoms with E-state index in [0.29, 0.717) is 0 Å². The standard InChI is InChI=1S/C14H26N2O/c1-6-9-10-11-13(4,7-2)16-14(5,8-3)12(17)15-11/h16H,6-10H2,1-5H3. The largest absolute Gasteiger partial charge is 0.293 e. The van der Waals surface area contributed by atoms with Gasteiger partial charge in [0, 0.05) is 5.71 Å². The first-order valence-corrected chi connectivity index (χ1v) is 6.83. The van der Waals surface area contributed by atoms with Crippen molar-refractivity contribution in [3.8, 4) is 0 Å². The molecule has 2 atom stereocenters. The molecular weight excluding hydrogens is 212 g/mol. The fourth-order valence-electron chi connectivity index (χ4n) is 2.31. The quantitative estimate of drug-likeness (QED) is 0.799. The van der Waals surface area contributed by atoms with Crippen LogP contribution in [0.1, 0.15) is 66.7 Å². The second-order valence-corrected chi connectivity index (χ2v) is 5.46. The van der Waals surface area contributed by atoms with E-state index in [0.717, 1.165) is 37.8 Å². The Balaban J connectivity index is 3.02. The summed E-state index contributed by atoms with van der Waals surface area (Å²) in [4.78, 5) is 16.5. The van der Waals surface area contributed by atoms with Gasteiger partial charge in [0.1, 0.15) is 0 Å². The molecule has 0 saturated carbocycles. The van der Waals surface area contributed by atoms with Gasteiger partial charge in [0.15, 0.2) is 0 Å². The molecule has 0 aromatic rings. The highest BCUT2D eigenvalue weighted by atomic mass is 16.2. The highest BCUT2D eigenvalue weighted by molar-refractivity contribution is 6.06. The van der Waals surface area contributed by atoms with E-state index < -0.39 is 5.54 Å². The number of aliphatic imine (C=N–C) groups is 1. The molecule has 0 aliphatic carbocycles. The molecule has 1 aliphatic rings. The number of hydrogen-bond donors (Lipinski definition) is 1. The zero-order chi connectivity index (χ0) is 13.1. The van der Waals surface area contributed by atoms with E-state index in [4.69, 9.17) is 0 Å². The Labute approximate surface area is 105 Å². The summed E-state index contributed by atoms with van der Waals surface area (Å²) in [7, 11) is 0. The van der Waals surface area contributed by atoms with Gasteiger partial charge in [0.2, 0.25) is 0 Å². The summed E-state index contributed by atoms with van der Waals surface area (Å²) in [5.74, 6) is -0.00275. The summed E-state index contributed by atoms with van der Waals surface area (Å²) >= 11 is 0. The minimum Gasteiger partial charge on any atom is -0.293 e. The molecule has 0 spiro atoms. The molecule has 0 radical (unpaired) electrons. The zero-order valence-corrected chi connectivity index (χ0v) is 11.9. The topological polar surface area (TPSA) is 41.5 Å². The van der Waals surface area contributed by atoms with Gasteiger partial charge in [-0.1, -0.05) is 27.2 Å². The summed E-state index contributed by atoms with van der Waals surface area (Å²) in [5.41, 5.74) is 0.437. The monoisotopic (exact) mass is 238 g/mol. The molecule has 3 heteroatoms. The second kappa shape index (κ2) is 5.30. The van der Waals surface area contributed by atoms with Crippen LogP contribution < -0.4 is 5.32 Å². The smallest absolute Gasteiger partial charge is 0.265 e. The maximum Gasteiger partial charge on any atom is 0.265 e. The number of rotatable bonds is 5. The van der Waals surface area contributed by atoms with Gasteiger partial charge >= 0.3 is 0 Å². The number of carbonyl (C=O) groups is 1. The molecular formula is C14H26N2O. The zero-order valence-electron chi connectivity index (χ0n) is 11.9. The molecule has 3 nitrogen and oxygen atoms in total. The molecule has 1 heterocycles. The first kappa shape index (κ1) is 14.4. The third-order valence-electron chi connectivity index (χ3n) is 4.08. The van der Waals surface area contributed by atoms with E-state index in [1.165, 1.54) is 0 Å². The Kier molecular flexibility index (Phi) is 4.48. The van der Waals surface area contributed by atoms with Crippen LogP contribution in [0.25, 0.3) is 0 Å². The summed E-state index contributed by atoms with van der Waals surface area (Å²) in [6.07, 6.45) is 4.92. The van der Waals surface area contributed by atoms with Crippen molar-refractivity contribution in [1.82, 2.24) is 5.32 Å². The number of amides is 1. The predicted molar refractivity (Wildman–Crippen MR) is 72.5 cm³/mol. The number of hydrogen-bond acceptors (Lipinski definition) is 2. The molecule has 0 aromatic carbocycles. The first-order chi connectivity index (χ1) is 7.91. The number of unbranched alkanes of at least 4 members (excludes halogenated alkanes) is 1. The first-order valence-electron chi connectivity index (χ1n) is 6.83. The van der Waals surface area contributed by atoms with E-state index in [1.54, 1.807) is 0 Å². The molecule has 0 bridgehead atoms. The maximum absolute atomic E-state index is 12.1. The fourth-order valence-corrected chi connectivity index (χ4v) is 2.31. The Bertz CT molecular complexity index is 324. The van der Waals surface area contributed by atoms with Gasteiger partial charge < -0.3 is 0 Å². The summed E-state index contributed by atoms with van der Waals surface area (Å²) in [5, 5.41) is 3.53. The van der Waals surface area contributed by atoms with Crippen LogP contribution in [0.2, 0.25) is 0 Å². The van der Waals surface area contributed by atoms with Gasteiger partial charge in [-0.3, -0.25) is 10.1 Å². The van der Waals surface area contributed by atoms with Crippen LogP contribution in [-0.2, 0) is 4.79 Å². The van der Waals surface area contributed by atoms with Crippen LogP contribution in [-0.4, -0.2) is 22.7 Å². The van der Waals surface area contributed by atoms with Gasteiger partial charge in [-0.05, 0) is 39.5 Å². The SMILES string of the molecule is CCCCC1=NC(=O)C(C)(CC)NC1(C)CC. The van der Waals surface area contributed by atoms with Gasteiger partial charge in [-0.2, -0.15) is 0 Å². The summed E-state index contributed by atoms with van der Waals surface area (Å²) < 4.78 is 0. The van der Waals surface area contributed by atoms with Gasteiger partial charge in [0.05, 0.1) is 11.1 Å². The van der Waals surface area contributed by atoms with Crippen LogP contribution in [0, 0.1) is 0 Å². The molecule has 2 unspecified atom stereocenters. The molecule has 1 rings (SSSR count). The lowest BCUT2D eigenvalue weighted by molar-refractivity contribution is -0.125. The molecule has 1 amide bonds. The minimum absolute atomic E-state index is 0.00275. The molecule has 1 N–H and O–H groups in total. The normalized spacial score (nSPS) is 33.7. The summed E-state index contributed by atoms with van der Waals surface area (Å²) in [6.45, 7) is 10.5. The van der Waals surface area contributed by atoms with Crippen LogP contribution >= 0.6 is 0 Å². The lowest BCUT2D eigenvalue weighted by atomic mass is 9.81. The van der Waals surface area contributed by atoms with E-state index in [2.05, 4.69) is 31.1 Å². The van der Waals surface area contributed by atoms with Crippen molar-refractivity contribution in [2.45, 2.75) is 77.8 Å². The van der Waals surface area contributed by atoms with Crippen molar-refractivity contribution < 1.29 is 4.79 Å². The van der Waals surface area contributed by atoms with Crippen molar-refractivity contribution in [2.75, 3.05) is 0 Å². The van der Waals surface area contributed by atoms with Gasteiger partial charge in [-0.15, -0.1) is 0 Å². The van der Waals surface area contributed by atoms with Gasteiger partial charge in [-0.25, -0.2) is 4.99 Å². The number of carbonyl (C=O) groups excluding carboxylic acids is 1. The van der Waals surface area contributed by atoms with Crippen LogP contribution in [0.15, 0.2) is 4.99 Å². The maximum atomic E-state index is 12.1. The average molecular weight is 238 g/mol. The number of nitrogens with zero attached hydrogens (tertiary/aromatic N) is 1. The van der Waals surface area contributed by atoms with Crippen molar-refractivity contribution in [2.24, 2.45) is 4.99 Å². The molecule has 98 valence electrons. The Morgan fingerprint density at radius 2 is 1.71 bits per heavy atom. The Morgan fingerprint density at radius 3 is 2.18 bits per heavy atom. The van der Waals surface area contributed by atoms with E-state index >= 15 is 0 Å². The highest BCUT2D eigenvalue weighted by Gasteiger charge is 2.44. The Morgan fingerprint density at radius 1 is 1.12 bits per heavy atom. The van der Waals surface area contributed by atoms with Crippen molar-refractivity contribution in [3.63, 3.8) is 0 Å². The van der Waals surface area contributed by atoms with Crippen LogP contribution in [0.3, 0.4) is 0 Å². The van der Waals surface area contributed by atoms with Crippen molar-refractivity contribution in [1.29, 1.82) is 0 Å². The molecule has 0 saturated heterocycles. The second-order valence-electron chi connectivity index (χ2n) is 5.46.